The van der Waals surface area contributed by atoms with Gasteiger partial charge >= 0.3 is 0 Å². The molecule has 4 rings (SSSR count). The van der Waals surface area contributed by atoms with Crippen LogP contribution in [0.3, 0.4) is 0 Å². The van der Waals surface area contributed by atoms with Crippen molar-refractivity contribution in [2.75, 3.05) is 18.0 Å². The number of fused-ring (bicyclic) bond motifs is 1. The Morgan fingerprint density at radius 1 is 1.35 bits per heavy atom. The van der Waals surface area contributed by atoms with E-state index >= 15 is 0 Å². The molecule has 1 saturated carbocycles. The second kappa shape index (κ2) is 4.70. The summed E-state index contributed by atoms with van der Waals surface area (Å²) in [5.74, 6) is 1.82. The summed E-state index contributed by atoms with van der Waals surface area (Å²) in [6.45, 7) is 4.18. The molecule has 0 radical (unpaired) electrons. The van der Waals surface area contributed by atoms with Crippen LogP contribution in [0.2, 0.25) is 0 Å². The molecule has 2 aromatic heterocycles. The zero-order chi connectivity index (χ0) is 13.5. The summed E-state index contributed by atoms with van der Waals surface area (Å²) in [6.07, 6.45) is 6.76. The summed E-state index contributed by atoms with van der Waals surface area (Å²) in [6, 6.07) is 3.45. The van der Waals surface area contributed by atoms with E-state index in [9.17, 15) is 0 Å². The van der Waals surface area contributed by atoms with Crippen molar-refractivity contribution >= 4 is 11.6 Å². The molecule has 1 aliphatic heterocycles. The number of hydrogen-bond donors (Lipinski definition) is 1. The van der Waals surface area contributed by atoms with E-state index in [0.717, 1.165) is 30.6 Å². The van der Waals surface area contributed by atoms with Crippen molar-refractivity contribution in [3.63, 3.8) is 0 Å². The van der Waals surface area contributed by atoms with E-state index < -0.39 is 0 Å². The van der Waals surface area contributed by atoms with E-state index in [1.54, 1.807) is 6.33 Å². The number of hydrogen-bond acceptors (Lipinski definition) is 5. The summed E-state index contributed by atoms with van der Waals surface area (Å²) in [7, 11) is 0. The molecule has 0 spiro atoms. The number of rotatable bonds is 4. The Labute approximate surface area is 118 Å². The highest BCUT2D eigenvalue weighted by Gasteiger charge is 2.29. The highest BCUT2D eigenvalue weighted by Crippen LogP contribution is 2.26. The average molecular weight is 272 g/mol. The number of aryl methyl sites for hydroxylation is 1. The van der Waals surface area contributed by atoms with Crippen molar-refractivity contribution in [1.29, 1.82) is 0 Å². The van der Waals surface area contributed by atoms with E-state index in [0.29, 0.717) is 11.8 Å². The van der Waals surface area contributed by atoms with Crippen molar-refractivity contribution in [3.8, 4) is 0 Å². The van der Waals surface area contributed by atoms with Crippen molar-refractivity contribution in [3.05, 3.63) is 18.1 Å². The van der Waals surface area contributed by atoms with Crippen molar-refractivity contribution < 1.29 is 0 Å². The largest absolute Gasteiger partial charge is 0.352 e. The maximum atomic E-state index is 4.42. The smallest absolute Gasteiger partial charge is 0.254 e. The molecule has 2 fully saturated rings. The second-order valence-electron chi connectivity index (χ2n) is 5.90. The van der Waals surface area contributed by atoms with Gasteiger partial charge in [-0.2, -0.15) is 14.6 Å². The van der Waals surface area contributed by atoms with Gasteiger partial charge in [-0.05, 0) is 32.6 Å². The minimum absolute atomic E-state index is 0.560. The number of anilines is 1. The lowest BCUT2D eigenvalue weighted by atomic mass is 10.2. The van der Waals surface area contributed by atoms with Gasteiger partial charge in [0.25, 0.3) is 5.78 Å². The van der Waals surface area contributed by atoms with Crippen LogP contribution in [-0.2, 0) is 0 Å². The van der Waals surface area contributed by atoms with E-state index in [4.69, 9.17) is 0 Å². The van der Waals surface area contributed by atoms with Crippen molar-refractivity contribution in [1.82, 2.24) is 24.9 Å². The molecule has 1 aliphatic carbocycles. The Bertz CT molecular complexity index is 617. The highest BCUT2D eigenvalue weighted by atomic mass is 15.4. The van der Waals surface area contributed by atoms with Gasteiger partial charge in [-0.25, -0.2) is 4.98 Å². The third-order valence-electron chi connectivity index (χ3n) is 4.25. The topological polar surface area (TPSA) is 58.4 Å². The number of nitrogens with zero attached hydrogens (tertiary/aromatic N) is 5. The monoisotopic (exact) mass is 272 g/mol. The fourth-order valence-electron chi connectivity index (χ4n) is 3.06. The Kier molecular flexibility index (Phi) is 2.84. The standard InChI is InChI=1S/C14H20N6/c1-10-7-13(20-14(18-10)16-9-17-20)19-6-2-3-12(19)8-15-11-4-5-11/h7,9,11-12,15H,2-6,8H2,1H3. The summed E-state index contributed by atoms with van der Waals surface area (Å²) >= 11 is 0. The molecule has 0 bridgehead atoms. The van der Waals surface area contributed by atoms with Crippen LogP contribution in [0.4, 0.5) is 5.82 Å². The van der Waals surface area contributed by atoms with Gasteiger partial charge in [0.15, 0.2) is 0 Å². The summed E-state index contributed by atoms with van der Waals surface area (Å²) < 4.78 is 1.86. The fourth-order valence-corrected chi connectivity index (χ4v) is 3.06. The molecule has 2 aromatic rings. The third kappa shape index (κ3) is 2.14. The zero-order valence-corrected chi connectivity index (χ0v) is 11.8. The van der Waals surface area contributed by atoms with Crippen LogP contribution >= 0.6 is 0 Å². The van der Waals surface area contributed by atoms with Crippen LogP contribution in [0.25, 0.3) is 5.78 Å². The molecule has 6 heteroatoms. The molecule has 1 atom stereocenters. The second-order valence-corrected chi connectivity index (χ2v) is 5.90. The first-order valence-corrected chi connectivity index (χ1v) is 7.49. The minimum atomic E-state index is 0.560. The SMILES string of the molecule is Cc1cc(N2CCCC2CNC2CC2)n2ncnc2n1. The molecule has 2 aliphatic rings. The summed E-state index contributed by atoms with van der Waals surface area (Å²) in [5, 5.41) is 7.98. The highest BCUT2D eigenvalue weighted by molar-refractivity contribution is 5.48. The molecule has 106 valence electrons. The van der Waals surface area contributed by atoms with Gasteiger partial charge in [-0.1, -0.05) is 0 Å². The van der Waals surface area contributed by atoms with Crippen LogP contribution in [-0.4, -0.2) is 44.8 Å². The molecule has 6 nitrogen and oxygen atoms in total. The Hall–Kier alpha value is -1.69. The van der Waals surface area contributed by atoms with Crippen molar-refractivity contribution in [2.45, 2.75) is 44.7 Å². The van der Waals surface area contributed by atoms with Gasteiger partial charge in [0.05, 0.1) is 0 Å². The average Bonchev–Trinajstić information content (AvgIpc) is 2.96. The van der Waals surface area contributed by atoms with Gasteiger partial charge in [0, 0.05) is 36.9 Å². The lowest BCUT2D eigenvalue weighted by Gasteiger charge is -2.27. The van der Waals surface area contributed by atoms with Crippen LogP contribution in [0, 0.1) is 6.92 Å². The van der Waals surface area contributed by atoms with E-state index in [2.05, 4.69) is 31.3 Å². The van der Waals surface area contributed by atoms with Gasteiger partial charge in [0.1, 0.15) is 12.1 Å². The molecular formula is C14H20N6. The lowest BCUT2D eigenvalue weighted by molar-refractivity contribution is 0.565. The number of nitrogens with one attached hydrogen (secondary N) is 1. The maximum absolute atomic E-state index is 4.42. The minimum Gasteiger partial charge on any atom is -0.352 e. The quantitative estimate of drug-likeness (QED) is 0.905. The lowest BCUT2D eigenvalue weighted by Crippen LogP contribution is -2.39. The third-order valence-corrected chi connectivity index (χ3v) is 4.25. The molecule has 1 saturated heterocycles. The zero-order valence-electron chi connectivity index (χ0n) is 11.8. The van der Waals surface area contributed by atoms with Gasteiger partial charge < -0.3 is 10.2 Å². The normalized spacial score (nSPS) is 22.9. The Morgan fingerprint density at radius 3 is 3.10 bits per heavy atom. The molecule has 1 N–H and O–H groups in total. The molecular weight excluding hydrogens is 252 g/mol. The van der Waals surface area contributed by atoms with Crippen LogP contribution < -0.4 is 10.2 Å². The predicted molar refractivity (Wildman–Crippen MR) is 76.9 cm³/mol. The first-order chi connectivity index (χ1) is 9.81. The Balaban J connectivity index is 1.64. The molecule has 1 unspecified atom stereocenters. The van der Waals surface area contributed by atoms with Gasteiger partial charge in [-0.15, -0.1) is 0 Å². The van der Waals surface area contributed by atoms with Gasteiger partial charge in [0.2, 0.25) is 0 Å². The first kappa shape index (κ1) is 12.1. The van der Waals surface area contributed by atoms with E-state index in [1.807, 2.05) is 11.4 Å². The summed E-state index contributed by atoms with van der Waals surface area (Å²) in [5.41, 5.74) is 1.00. The van der Waals surface area contributed by atoms with Crippen LogP contribution in [0.5, 0.6) is 0 Å². The molecule has 20 heavy (non-hydrogen) atoms. The van der Waals surface area contributed by atoms with E-state index in [-0.39, 0.29) is 0 Å². The van der Waals surface area contributed by atoms with E-state index in [1.165, 1.54) is 25.7 Å². The molecule has 0 aromatic carbocycles. The number of aromatic nitrogens is 4. The molecule has 0 amide bonds. The van der Waals surface area contributed by atoms with Crippen LogP contribution in [0.1, 0.15) is 31.4 Å². The summed E-state index contributed by atoms with van der Waals surface area (Å²) in [4.78, 5) is 11.1. The maximum Gasteiger partial charge on any atom is 0.254 e. The van der Waals surface area contributed by atoms with Gasteiger partial charge in [-0.3, -0.25) is 0 Å². The predicted octanol–water partition coefficient (Wildman–Crippen LogP) is 1.15. The van der Waals surface area contributed by atoms with Crippen LogP contribution in [0.15, 0.2) is 12.4 Å². The fraction of sp³-hybridized carbons (Fsp3) is 0.643. The molecule has 3 heterocycles. The first-order valence-electron chi connectivity index (χ1n) is 7.49. The Morgan fingerprint density at radius 2 is 2.25 bits per heavy atom. The van der Waals surface area contributed by atoms with Crippen molar-refractivity contribution in [2.24, 2.45) is 0 Å².